The molecule has 28 heavy (non-hydrogen) atoms. The monoisotopic (exact) mass is 408 g/mol. The van der Waals surface area contributed by atoms with E-state index in [-0.39, 0.29) is 5.63 Å². The molecule has 142 valence electrons. The average Bonchev–Trinajstić information content (AvgIpc) is 3.21. The third-order valence-corrected chi connectivity index (χ3v) is 7.64. The van der Waals surface area contributed by atoms with E-state index in [1.807, 2.05) is 6.92 Å². The molecule has 3 heterocycles. The fourth-order valence-corrected chi connectivity index (χ4v) is 6.24. The summed E-state index contributed by atoms with van der Waals surface area (Å²) < 4.78 is 5.50. The fourth-order valence-electron chi connectivity index (χ4n) is 3.98. The molecular formula is C22H20N2O2S2. The molecule has 0 fully saturated rings. The number of aromatic nitrogens is 2. The molecule has 1 aromatic carbocycles. The Labute approximate surface area is 171 Å². The zero-order valence-corrected chi connectivity index (χ0v) is 17.7. The van der Waals surface area contributed by atoms with E-state index in [0.717, 1.165) is 44.9 Å². The Morgan fingerprint density at radius 1 is 1.11 bits per heavy atom. The van der Waals surface area contributed by atoms with Crippen molar-refractivity contribution in [3.63, 3.8) is 0 Å². The molecule has 0 atom stereocenters. The van der Waals surface area contributed by atoms with E-state index in [0.29, 0.717) is 11.3 Å². The predicted octanol–water partition coefficient (Wildman–Crippen LogP) is 5.50. The molecule has 4 nitrogen and oxygen atoms in total. The Hall–Kier alpha value is -2.18. The Bertz CT molecular complexity index is 1300. The molecule has 0 amide bonds. The molecule has 1 aliphatic rings. The van der Waals surface area contributed by atoms with Gasteiger partial charge >= 0.3 is 5.63 Å². The van der Waals surface area contributed by atoms with E-state index in [1.54, 1.807) is 29.2 Å². The van der Waals surface area contributed by atoms with Crippen molar-refractivity contribution in [2.45, 2.75) is 50.8 Å². The van der Waals surface area contributed by atoms with Gasteiger partial charge in [0, 0.05) is 27.5 Å². The minimum absolute atomic E-state index is 0.285. The third-order valence-electron chi connectivity index (χ3n) is 5.51. The maximum Gasteiger partial charge on any atom is 0.336 e. The van der Waals surface area contributed by atoms with Gasteiger partial charge in [0.05, 0.1) is 0 Å². The Balaban J connectivity index is 1.58. The highest BCUT2D eigenvalue weighted by Crippen LogP contribution is 2.37. The van der Waals surface area contributed by atoms with Crippen LogP contribution in [0, 0.1) is 20.8 Å². The Morgan fingerprint density at radius 2 is 1.89 bits per heavy atom. The number of hydrogen-bond acceptors (Lipinski definition) is 6. The number of thioether (sulfide) groups is 1. The molecule has 0 saturated carbocycles. The Morgan fingerprint density at radius 3 is 2.71 bits per heavy atom. The summed E-state index contributed by atoms with van der Waals surface area (Å²) in [5, 5.41) is 3.19. The minimum Gasteiger partial charge on any atom is -0.423 e. The van der Waals surface area contributed by atoms with Gasteiger partial charge in [0.2, 0.25) is 0 Å². The summed E-state index contributed by atoms with van der Waals surface area (Å²) in [6, 6.07) is 5.91. The molecule has 6 heteroatoms. The van der Waals surface area contributed by atoms with E-state index in [4.69, 9.17) is 9.40 Å². The van der Waals surface area contributed by atoms with Gasteiger partial charge in [-0.2, -0.15) is 0 Å². The van der Waals surface area contributed by atoms with Gasteiger partial charge in [-0.05, 0) is 74.4 Å². The zero-order valence-electron chi connectivity index (χ0n) is 16.1. The van der Waals surface area contributed by atoms with Gasteiger partial charge in [0.25, 0.3) is 0 Å². The lowest BCUT2D eigenvalue weighted by Gasteiger charge is -2.09. The van der Waals surface area contributed by atoms with Crippen LogP contribution in [-0.2, 0) is 18.6 Å². The van der Waals surface area contributed by atoms with Crippen LogP contribution in [0.5, 0.6) is 0 Å². The van der Waals surface area contributed by atoms with Gasteiger partial charge in [0.1, 0.15) is 21.3 Å². The number of benzene rings is 1. The van der Waals surface area contributed by atoms with Crippen LogP contribution >= 0.6 is 23.1 Å². The van der Waals surface area contributed by atoms with Crippen LogP contribution in [0.1, 0.15) is 39.4 Å². The predicted molar refractivity (Wildman–Crippen MR) is 116 cm³/mol. The van der Waals surface area contributed by atoms with Crippen molar-refractivity contribution < 1.29 is 4.42 Å². The third kappa shape index (κ3) is 2.95. The van der Waals surface area contributed by atoms with Gasteiger partial charge < -0.3 is 4.42 Å². The number of rotatable bonds is 3. The van der Waals surface area contributed by atoms with E-state index in [2.05, 4.69) is 31.0 Å². The summed E-state index contributed by atoms with van der Waals surface area (Å²) in [7, 11) is 0. The molecule has 0 bridgehead atoms. The van der Waals surface area contributed by atoms with Crippen molar-refractivity contribution >= 4 is 44.3 Å². The van der Waals surface area contributed by atoms with Gasteiger partial charge in [-0.3, -0.25) is 0 Å². The van der Waals surface area contributed by atoms with Crippen molar-refractivity contribution in [3.05, 3.63) is 61.6 Å². The summed E-state index contributed by atoms with van der Waals surface area (Å²) in [6.45, 7) is 6.19. The topological polar surface area (TPSA) is 56.0 Å². The first-order valence-corrected chi connectivity index (χ1v) is 11.3. The second-order valence-electron chi connectivity index (χ2n) is 7.39. The summed E-state index contributed by atoms with van der Waals surface area (Å²) in [4.78, 5) is 23.8. The highest BCUT2D eigenvalue weighted by Gasteiger charge is 2.17. The first-order valence-electron chi connectivity index (χ1n) is 9.45. The minimum atomic E-state index is -0.285. The van der Waals surface area contributed by atoms with E-state index in [9.17, 15) is 4.79 Å². The van der Waals surface area contributed by atoms with Crippen LogP contribution in [0.25, 0.3) is 21.2 Å². The summed E-state index contributed by atoms with van der Waals surface area (Å²) in [5.41, 5.74) is 5.39. The molecule has 0 spiro atoms. The molecule has 1 aliphatic carbocycles. The fraction of sp³-hybridized carbons (Fsp3) is 0.318. The number of nitrogens with zero attached hydrogens (tertiary/aromatic N) is 2. The second kappa shape index (κ2) is 6.71. The molecule has 5 rings (SSSR count). The number of thiophene rings is 1. The van der Waals surface area contributed by atoms with Crippen molar-refractivity contribution in [2.24, 2.45) is 0 Å². The molecule has 0 radical (unpaired) electrons. The van der Waals surface area contributed by atoms with Gasteiger partial charge in [0.15, 0.2) is 0 Å². The quantitative estimate of drug-likeness (QED) is 0.254. The normalized spacial score (nSPS) is 13.5. The maximum atomic E-state index is 12.1. The van der Waals surface area contributed by atoms with Gasteiger partial charge in [-0.25, -0.2) is 14.8 Å². The maximum absolute atomic E-state index is 12.1. The zero-order chi connectivity index (χ0) is 19.4. The molecule has 0 unspecified atom stereocenters. The average molecular weight is 409 g/mol. The van der Waals surface area contributed by atoms with E-state index < -0.39 is 0 Å². The number of aryl methyl sites for hydroxylation is 5. The lowest BCUT2D eigenvalue weighted by molar-refractivity contribution is 0.559. The SMILES string of the molecule is Cc1nc(SCc2cc(=O)oc3cc4c(cc23)CCC4)c2c(C)c(C)sc2n1. The number of fused-ring (bicyclic) bond motifs is 3. The van der Waals surface area contributed by atoms with Gasteiger partial charge in [-0.1, -0.05) is 0 Å². The molecule has 0 N–H and O–H groups in total. The van der Waals surface area contributed by atoms with Crippen LogP contribution in [0.15, 0.2) is 32.4 Å². The van der Waals surface area contributed by atoms with Gasteiger partial charge in [-0.15, -0.1) is 23.1 Å². The second-order valence-corrected chi connectivity index (χ2v) is 9.56. The smallest absolute Gasteiger partial charge is 0.336 e. The van der Waals surface area contributed by atoms with Crippen molar-refractivity contribution in [1.82, 2.24) is 9.97 Å². The molecule has 0 aliphatic heterocycles. The standard InChI is InChI=1S/C22H20N2O2S2/c1-11-12(2)28-22-20(11)21(23-13(3)24-22)27-10-16-9-19(25)26-18-8-15-6-4-5-14(15)7-17(16)18/h7-9H,4-6,10H2,1-3H3. The van der Waals surface area contributed by atoms with E-state index in [1.165, 1.54) is 28.0 Å². The Kier molecular flexibility index (Phi) is 4.29. The summed E-state index contributed by atoms with van der Waals surface area (Å²) >= 11 is 3.39. The first-order chi connectivity index (χ1) is 13.5. The molecule has 4 aromatic rings. The van der Waals surface area contributed by atoms with Crippen LogP contribution < -0.4 is 5.63 Å². The lowest BCUT2D eigenvalue weighted by Crippen LogP contribution is -2.01. The first kappa shape index (κ1) is 17.9. The van der Waals surface area contributed by atoms with Crippen LogP contribution in [0.4, 0.5) is 0 Å². The molecule has 3 aromatic heterocycles. The van der Waals surface area contributed by atoms with Crippen molar-refractivity contribution in [2.75, 3.05) is 0 Å². The number of hydrogen-bond donors (Lipinski definition) is 0. The molecule has 0 saturated heterocycles. The van der Waals surface area contributed by atoms with Crippen LogP contribution in [0.2, 0.25) is 0 Å². The van der Waals surface area contributed by atoms with E-state index >= 15 is 0 Å². The van der Waals surface area contributed by atoms with Crippen LogP contribution in [0.3, 0.4) is 0 Å². The van der Waals surface area contributed by atoms with Crippen molar-refractivity contribution in [3.8, 4) is 0 Å². The molecular weight excluding hydrogens is 388 g/mol. The summed E-state index contributed by atoms with van der Waals surface area (Å²) in [6.07, 6.45) is 3.36. The summed E-state index contributed by atoms with van der Waals surface area (Å²) in [5.74, 6) is 1.47. The van der Waals surface area contributed by atoms with Crippen LogP contribution in [-0.4, -0.2) is 9.97 Å². The largest absolute Gasteiger partial charge is 0.423 e. The highest BCUT2D eigenvalue weighted by molar-refractivity contribution is 7.98. The lowest BCUT2D eigenvalue weighted by atomic mass is 10.0. The van der Waals surface area contributed by atoms with Crippen molar-refractivity contribution in [1.29, 1.82) is 0 Å². The highest BCUT2D eigenvalue weighted by atomic mass is 32.2.